The van der Waals surface area contributed by atoms with Crippen LogP contribution in [0.3, 0.4) is 0 Å². The Labute approximate surface area is 118 Å². The van der Waals surface area contributed by atoms with Crippen molar-refractivity contribution in [2.45, 2.75) is 17.9 Å². The van der Waals surface area contributed by atoms with Crippen LogP contribution in [0.2, 0.25) is 5.15 Å². The molecule has 1 atom stereocenters. The fraction of sp³-hybridized carbons (Fsp3) is 0.600. The molecule has 0 amide bonds. The number of sulfone groups is 1. The zero-order valence-corrected chi connectivity index (χ0v) is 12.1. The van der Waals surface area contributed by atoms with E-state index in [9.17, 15) is 8.42 Å². The number of aromatic nitrogens is 2. The van der Waals surface area contributed by atoms with E-state index >= 15 is 0 Å². The van der Waals surface area contributed by atoms with Gasteiger partial charge in [-0.1, -0.05) is 11.6 Å². The molecule has 1 fully saturated rings. The Hall–Kier alpha value is -0.430. The predicted molar refractivity (Wildman–Crippen MR) is 71.9 cm³/mol. The SMILES string of the molecule is Cl.O=S(=O)(CC1CCCNC1)c1ccc(Cl)nn1. The van der Waals surface area contributed by atoms with Gasteiger partial charge in [-0.25, -0.2) is 8.42 Å². The van der Waals surface area contributed by atoms with Crippen LogP contribution in [-0.2, 0) is 9.84 Å². The highest BCUT2D eigenvalue weighted by Crippen LogP contribution is 2.17. The molecular formula is C10H15Cl2N3O2S. The van der Waals surface area contributed by atoms with E-state index in [1.165, 1.54) is 12.1 Å². The van der Waals surface area contributed by atoms with Gasteiger partial charge in [-0.2, -0.15) is 0 Å². The standard InChI is InChI=1S/C10H14ClN3O2S.ClH/c11-9-3-4-10(14-13-9)17(15,16)7-8-2-1-5-12-6-8;/h3-4,8,12H,1-2,5-7H2;1H. The van der Waals surface area contributed by atoms with Gasteiger partial charge in [0.1, 0.15) is 0 Å². The monoisotopic (exact) mass is 311 g/mol. The Balaban J connectivity index is 0.00000162. The normalized spacial score (nSPS) is 20.2. The second-order valence-electron chi connectivity index (χ2n) is 4.19. The van der Waals surface area contributed by atoms with E-state index in [4.69, 9.17) is 11.6 Å². The van der Waals surface area contributed by atoms with Gasteiger partial charge in [0.25, 0.3) is 0 Å². The second kappa shape index (κ2) is 6.65. The summed E-state index contributed by atoms with van der Waals surface area (Å²) in [6.45, 7) is 1.72. The summed E-state index contributed by atoms with van der Waals surface area (Å²) >= 11 is 5.58. The van der Waals surface area contributed by atoms with E-state index < -0.39 is 9.84 Å². The molecule has 0 spiro atoms. The lowest BCUT2D eigenvalue weighted by molar-refractivity contribution is 0.403. The van der Waals surface area contributed by atoms with Crippen LogP contribution in [-0.4, -0.2) is 37.5 Å². The highest BCUT2D eigenvalue weighted by Gasteiger charge is 2.24. The Kier molecular flexibility index (Phi) is 5.78. The molecular weight excluding hydrogens is 297 g/mol. The summed E-state index contributed by atoms with van der Waals surface area (Å²) in [5.74, 6) is 0.280. The molecule has 1 N–H and O–H groups in total. The van der Waals surface area contributed by atoms with Crippen LogP contribution in [0.25, 0.3) is 0 Å². The van der Waals surface area contributed by atoms with Crippen LogP contribution >= 0.6 is 24.0 Å². The summed E-state index contributed by atoms with van der Waals surface area (Å²) in [7, 11) is -3.35. The van der Waals surface area contributed by atoms with Crippen LogP contribution in [0.5, 0.6) is 0 Å². The van der Waals surface area contributed by atoms with E-state index in [2.05, 4.69) is 15.5 Å². The van der Waals surface area contributed by atoms with Crippen LogP contribution in [0.1, 0.15) is 12.8 Å². The first kappa shape index (κ1) is 15.6. The number of halogens is 2. The maximum Gasteiger partial charge on any atom is 0.197 e. The first-order valence-electron chi connectivity index (χ1n) is 5.50. The topological polar surface area (TPSA) is 72.0 Å². The fourth-order valence-corrected chi connectivity index (χ4v) is 3.55. The molecule has 1 aliphatic heterocycles. The summed E-state index contributed by atoms with van der Waals surface area (Å²) in [5.41, 5.74) is 0. The molecule has 2 heterocycles. The minimum Gasteiger partial charge on any atom is -0.316 e. The fourth-order valence-electron chi connectivity index (χ4n) is 1.93. The van der Waals surface area contributed by atoms with Gasteiger partial charge in [-0.3, -0.25) is 0 Å². The number of hydrogen-bond acceptors (Lipinski definition) is 5. The van der Waals surface area contributed by atoms with Gasteiger partial charge < -0.3 is 5.32 Å². The third-order valence-corrected chi connectivity index (χ3v) is 4.75. The summed E-state index contributed by atoms with van der Waals surface area (Å²) in [5, 5.41) is 10.6. The molecule has 1 unspecified atom stereocenters. The molecule has 0 saturated carbocycles. The average Bonchev–Trinajstić information content (AvgIpc) is 2.30. The number of rotatable bonds is 3. The minimum absolute atomic E-state index is 0. The smallest absolute Gasteiger partial charge is 0.197 e. The van der Waals surface area contributed by atoms with Gasteiger partial charge in [0.05, 0.1) is 5.75 Å². The number of hydrogen-bond donors (Lipinski definition) is 1. The van der Waals surface area contributed by atoms with Crippen molar-refractivity contribution in [1.29, 1.82) is 0 Å². The van der Waals surface area contributed by atoms with Crippen molar-refractivity contribution in [2.75, 3.05) is 18.8 Å². The molecule has 1 saturated heterocycles. The summed E-state index contributed by atoms with van der Waals surface area (Å²) in [6.07, 6.45) is 1.96. The van der Waals surface area contributed by atoms with Gasteiger partial charge in [-0.15, -0.1) is 22.6 Å². The Morgan fingerprint density at radius 1 is 1.39 bits per heavy atom. The molecule has 0 radical (unpaired) electrons. The van der Waals surface area contributed by atoms with Gasteiger partial charge in [-0.05, 0) is 44.0 Å². The summed E-state index contributed by atoms with van der Waals surface area (Å²) < 4.78 is 24.1. The average molecular weight is 312 g/mol. The Morgan fingerprint density at radius 2 is 2.17 bits per heavy atom. The highest BCUT2D eigenvalue weighted by molar-refractivity contribution is 7.91. The molecule has 8 heteroatoms. The molecule has 1 aliphatic rings. The van der Waals surface area contributed by atoms with E-state index in [0.717, 1.165) is 25.9 Å². The highest BCUT2D eigenvalue weighted by atomic mass is 35.5. The maximum absolute atomic E-state index is 12.0. The third kappa shape index (κ3) is 4.05. The third-order valence-electron chi connectivity index (χ3n) is 2.78. The quantitative estimate of drug-likeness (QED) is 0.911. The largest absolute Gasteiger partial charge is 0.316 e. The van der Waals surface area contributed by atoms with Crippen LogP contribution in [0.4, 0.5) is 0 Å². The van der Waals surface area contributed by atoms with Crippen molar-refractivity contribution in [3.63, 3.8) is 0 Å². The summed E-state index contributed by atoms with van der Waals surface area (Å²) in [6, 6.07) is 2.85. The molecule has 1 aromatic heterocycles. The van der Waals surface area contributed by atoms with Crippen molar-refractivity contribution >= 4 is 33.8 Å². The first-order valence-corrected chi connectivity index (χ1v) is 7.54. The number of nitrogens with zero attached hydrogens (tertiary/aromatic N) is 2. The maximum atomic E-state index is 12.0. The van der Waals surface area contributed by atoms with E-state index in [0.29, 0.717) is 0 Å². The van der Waals surface area contributed by atoms with Crippen molar-refractivity contribution in [3.8, 4) is 0 Å². The van der Waals surface area contributed by atoms with E-state index in [1.807, 2.05) is 0 Å². The van der Waals surface area contributed by atoms with Crippen molar-refractivity contribution in [3.05, 3.63) is 17.3 Å². The van der Waals surface area contributed by atoms with Gasteiger partial charge >= 0.3 is 0 Å². The van der Waals surface area contributed by atoms with Crippen molar-refractivity contribution in [1.82, 2.24) is 15.5 Å². The van der Waals surface area contributed by atoms with Crippen molar-refractivity contribution in [2.24, 2.45) is 5.92 Å². The summed E-state index contributed by atoms with van der Waals surface area (Å²) in [4.78, 5) is 0. The molecule has 2 rings (SSSR count). The lowest BCUT2D eigenvalue weighted by Crippen LogP contribution is -2.34. The Morgan fingerprint density at radius 3 is 2.72 bits per heavy atom. The lowest BCUT2D eigenvalue weighted by atomic mass is 10.0. The minimum atomic E-state index is -3.35. The zero-order chi connectivity index (χ0) is 12.3. The van der Waals surface area contributed by atoms with E-state index in [1.54, 1.807) is 0 Å². The van der Waals surface area contributed by atoms with Crippen LogP contribution in [0, 0.1) is 5.92 Å². The molecule has 102 valence electrons. The van der Waals surface area contributed by atoms with Gasteiger partial charge in [0.15, 0.2) is 20.0 Å². The molecule has 0 aliphatic carbocycles. The van der Waals surface area contributed by atoms with Crippen LogP contribution < -0.4 is 5.32 Å². The van der Waals surface area contributed by atoms with Gasteiger partial charge in [0.2, 0.25) is 0 Å². The first-order chi connectivity index (χ1) is 8.08. The zero-order valence-electron chi connectivity index (χ0n) is 9.67. The number of piperidine rings is 1. The molecule has 1 aromatic rings. The molecule has 0 bridgehead atoms. The number of nitrogens with one attached hydrogen (secondary N) is 1. The molecule has 0 aromatic carbocycles. The molecule has 18 heavy (non-hydrogen) atoms. The predicted octanol–water partition coefficient (Wildman–Crippen LogP) is 1.33. The second-order valence-corrected chi connectivity index (χ2v) is 6.56. The molecule has 5 nitrogen and oxygen atoms in total. The van der Waals surface area contributed by atoms with Gasteiger partial charge in [0, 0.05) is 0 Å². The Bertz CT molecular complexity index is 472. The van der Waals surface area contributed by atoms with Crippen molar-refractivity contribution < 1.29 is 8.42 Å². The van der Waals surface area contributed by atoms with E-state index in [-0.39, 0.29) is 34.3 Å². The lowest BCUT2D eigenvalue weighted by Gasteiger charge is -2.22. The van der Waals surface area contributed by atoms with Crippen LogP contribution in [0.15, 0.2) is 17.2 Å².